The topological polar surface area (TPSA) is 64.6 Å². The Labute approximate surface area is 144 Å². The van der Waals surface area contributed by atoms with Gasteiger partial charge in [0, 0.05) is 12.8 Å². The molecule has 1 N–H and O–H groups in total. The number of amides is 1. The van der Waals surface area contributed by atoms with Gasteiger partial charge < -0.3 is 10.1 Å². The molecule has 0 bridgehead atoms. The van der Waals surface area contributed by atoms with E-state index in [1.165, 1.54) is 32.1 Å². The van der Waals surface area contributed by atoms with E-state index in [1.54, 1.807) is 6.26 Å². The summed E-state index contributed by atoms with van der Waals surface area (Å²) >= 11 is -1.12. The molecule has 0 aromatic heterocycles. The third-order valence-corrected chi connectivity index (χ3v) is 3.74. The summed E-state index contributed by atoms with van der Waals surface area (Å²) in [6.07, 6.45) is 11.7. The molecule has 23 heavy (non-hydrogen) atoms. The van der Waals surface area contributed by atoms with Gasteiger partial charge in [-0.15, -0.1) is 0 Å². The molecule has 0 radical (unpaired) electrons. The molecule has 0 heterocycles. The fraction of sp³-hybridized carbons (Fsp3) is 0.941. The first kappa shape index (κ1) is 22.4. The molecule has 1 unspecified atom stereocenters. The van der Waals surface area contributed by atoms with E-state index in [2.05, 4.69) is 5.32 Å². The van der Waals surface area contributed by atoms with Gasteiger partial charge in [0.25, 0.3) is 0 Å². The van der Waals surface area contributed by atoms with E-state index >= 15 is 0 Å². The number of unbranched alkanes of at least 4 members (excludes halogenated alkanes) is 8. The van der Waals surface area contributed by atoms with E-state index in [1.807, 2.05) is 20.8 Å². The first-order valence-electron chi connectivity index (χ1n) is 8.75. The van der Waals surface area contributed by atoms with Crippen molar-refractivity contribution in [3.05, 3.63) is 0 Å². The summed E-state index contributed by atoms with van der Waals surface area (Å²) in [7, 11) is 0. The van der Waals surface area contributed by atoms with Gasteiger partial charge in [-0.1, -0.05) is 44.9 Å². The van der Waals surface area contributed by atoms with Gasteiger partial charge in [0.1, 0.15) is 5.60 Å². The van der Waals surface area contributed by atoms with E-state index in [0.717, 1.165) is 25.7 Å². The van der Waals surface area contributed by atoms with Crippen molar-refractivity contribution in [3.8, 4) is 0 Å². The van der Waals surface area contributed by atoms with Gasteiger partial charge in [-0.3, -0.25) is 4.18 Å². The van der Waals surface area contributed by atoms with E-state index in [-0.39, 0.29) is 6.09 Å². The predicted molar refractivity (Wildman–Crippen MR) is 95.8 cm³/mol. The molecular formula is C17H35NO4S. The Morgan fingerprint density at radius 2 is 1.39 bits per heavy atom. The molecule has 0 aromatic carbocycles. The van der Waals surface area contributed by atoms with E-state index in [9.17, 15) is 9.00 Å². The lowest BCUT2D eigenvalue weighted by Crippen LogP contribution is -2.32. The number of nitrogens with one attached hydrogen (secondary N) is 1. The molecule has 1 amide bonds. The van der Waals surface area contributed by atoms with Crippen molar-refractivity contribution in [1.29, 1.82) is 0 Å². The van der Waals surface area contributed by atoms with Crippen LogP contribution >= 0.6 is 0 Å². The molecular weight excluding hydrogens is 314 g/mol. The normalized spacial score (nSPS) is 12.9. The lowest BCUT2D eigenvalue weighted by molar-refractivity contribution is 0.0527. The minimum Gasteiger partial charge on any atom is -0.444 e. The zero-order valence-electron chi connectivity index (χ0n) is 15.3. The molecule has 1 atom stereocenters. The highest BCUT2D eigenvalue weighted by molar-refractivity contribution is 7.79. The maximum atomic E-state index is 11.4. The molecule has 0 aliphatic rings. The van der Waals surface area contributed by atoms with Gasteiger partial charge in [0.05, 0.1) is 6.61 Å². The summed E-state index contributed by atoms with van der Waals surface area (Å²) in [5, 5.41) is 2.78. The van der Waals surface area contributed by atoms with E-state index < -0.39 is 16.7 Å². The maximum Gasteiger partial charge on any atom is 0.407 e. The Hall–Kier alpha value is -0.620. The SMILES string of the molecule is CS(=O)OCCCCCCCCCCCNC(=O)OC(C)(C)C. The molecule has 0 saturated heterocycles. The van der Waals surface area contributed by atoms with Crippen LogP contribution in [0.25, 0.3) is 0 Å². The number of hydrogen-bond acceptors (Lipinski definition) is 4. The van der Waals surface area contributed by atoms with E-state index in [4.69, 9.17) is 8.92 Å². The zero-order valence-corrected chi connectivity index (χ0v) is 16.1. The maximum absolute atomic E-state index is 11.4. The minimum absolute atomic E-state index is 0.326. The Morgan fingerprint density at radius 1 is 0.913 bits per heavy atom. The monoisotopic (exact) mass is 349 g/mol. The highest BCUT2D eigenvalue weighted by Crippen LogP contribution is 2.10. The Bertz CT molecular complexity index is 329. The molecule has 0 spiro atoms. The van der Waals surface area contributed by atoms with Gasteiger partial charge in [-0.05, 0) is 33.6 Å². The summed E-state index contributed by atoms with van der Waals surface area (Å²) in [5.74, 6) is 0. The third-order valence-electron chi connectivity index (χ3n) is 3.24. The molecule has 0 aliphatic heterocycles. The van der Waals surface area contributed by atoms with Crippen LogP contribution in [0.3, 0.4) is 0 Å². The first-order valence-corrected chi connectivity index (χ1v) is 10.2. The Morgan fingerprint density at radius 3 is 1.87 bits per heavy atom. The first-order chi connectivity index (χ1) is 10.8. The highest BCUT2D eigenvalue weighted by Gasteiger charge is 2.15. The number of alkyl carbamates (subject to hydrolysis) is 1. The van der Waals surface area contributed by atoms with Crippen LogP contribution in [0, 0.1) is 0 Å². The quantitative estimate of drug-likeness (QED) is 0.503. The van der Waals surface area contributed by atoms with Gasteiger partial charge in [0.15, 0.2) is 11.1 Å². The van der Waals surface area contributed by atoms with Crippen molar-refractivity contribution >= 4 is 17.2 Å². The summed E-state index contributed by atoms with van der Waals surface area (Å²) in [6, 6.07) is 0. The largest absolute Gasteiger partial charge is 0.444 e. The Kier molecular flexibility index (Phi) is 13.4. The average molecular weight is 350 g/mol. The zero-order chi connectivity index (χ0) is 17.6. The van der Waals surface area contributed by atoms with Crippen LogP contribution in [0.1, 0.15) is 78.6 Å². The highest BCUT2D eigenvalue weighted by atomic mass is 32.2. The number of rotatable bonds is 13. The van der Waals surface area contributed by atoms with E-state index in [0.29, 0.717) is 13.2 Å². The fourth-order valence-corrected chi connectivity index (χ4v) is 2.50. The summed E-state index contributed by atoms with van der Waals surface area (Å²) in [5.41, 5.74) is -0.427. The van der Waals surface area contributed by atoms with Crippen molar-refractivity contribution < 1.29 is 17.9 Å². The van der Waals surface area contributed by atoms with Crippen LogP contribution in [0.2, 0.25) is 0 Å². The van der Waals surface area contributed by atoms with Gasteiger partial charge in [-0.25, -0.2) is 9.00 Å². The molecule has 0 saturated carbocycles. The van der Waals surface area contributed by atoms with Crippen molar-refractivity contribution in [2.75, 3.05) is 19.4 Å². The lowest BCUT2D eigenvalue weighted by Gasteiger charge is -2.19. The second-order valence-electron chi connectivity index (χ2n) is 6.83. The van der Waals surface area contributed by atoms with Crippen LogP contribution in [-0.4, -0.2) is 35.3 Å². The van der Waals surface area contributed by atoms with Crippen molar-refractivity contribution in [2.45, 2.75) is 84.2 Å². The minimum atomic E-state index is -1.12. The molecule has 0 aromatic rings. The molecule has 0 rings (SSSR count). The third kappa shape index (κ3) is 19.3. The smallest absolute Gasteiger partial charge is 0.407 e. The second kappa shape index (κ2) is 13.8. The standard InChI is InChI=1S/C17H35NO4S/c1-17(2,3)22-16(19)18-14-12-10-8-6-5-7-9-11-13-15-21-23(4)20/h5-15H2,1-4H3,(H,18,19). The molecule has 138 valence electrons. The van der Waals surface area contributed by atoms with Crippen molar-refractivity contribution in [1.82, 2.24) is 5.32 Å². The van der Waals surface area contributed by atoms with Crippen LogP contribution in [0.5, 0.6) is 0 Å². The average Bonchev–Trinajstić information content (AvgIpc) is 2.41. The molecule has 6 heteroatoms. The number of carbonyl (C=O) groups is 1. The van der Waals surface area contributed by atoms with Crippen LogP contribution in [0.15, 0.2) is 0 Å². The van der Waals surface area contributed by atoms with Gasteiger partial charge in [0.2, 0.25) is 0 Å². The molecule has 0 aliphatic carbocycles. The summed E-state index contributed by atoms with van der Waals surface area (Å²) in [6.45, 7) is 6.89. The van der Waals surface area contributed by atoms with Crippen LogP contribution < -0.4 is 5.32 Å². The predicted octanol–water partition coefficient (Wildman–Crippen LogP) is 4.33. The van der Waals surface area contributed by atoms with Gasteiger partial charge in [-0.2, -0.15) is 0 Å². The number of hydrogen-bond donors (Lipinski definition) is 1. The van der Waals surface area contributed by atoms with Gasteiger partial charge >= 0.3 is 6.09 Å². The fourth-order valence-electron chi connectivity index (χ4n) is 2.15. The lowest BCUT2D eigenvalue weighted by atomic mass is 10.1. The second-order valence-corrected chi connectivity index (χ2v) is 7.87. The molecule has 0 fully saturated rings. The van der Waals surface area contributed by atoms with Crippen LogP contribution in [-0.2, 0) is 20.0 Å². The van der Waals surface area contributed by atoms with Crippen molar-refractivity contribution in [3.63, 3.8) is 0 Å². The summed E-state index contributed by atoms with van der Waals surface area (Å²) in [4.78, 5) is 11.4. The number of carbonyl (C=O) groups excluding carboxylic acids is 1. The Balaban J connectivity index is 3.19. The number of ether oxygens (including phenoxy) is 1. The van der Waals surface area contributed by atoms with Crippen LogP contribution in [0.4, 0.5) is 4.79 Å². The molecule has 5 nitrogen and oxygen atoms in total. The summed E-state index contributed by atoms with van der Waals surface area (Å²) < 4.78 is 20.9. The van der Waals surface area contributed by atoms with Crippen molar-refractivity contribution in [2.24, 2.45) is 0 Å².